The number of alkyl carbamates (subject to hydrolysis) is 1. The van der Waals surface area contributed by atoms with E-state index in [9.17, 15) is 35.9 Å². The number of carbonyl (C=O) groups excluding carboxylic acids is 2. The van der Waals surface area contributed by atoms with Gasteiger partial charge in [-0.25, -0.2) is 4.79 Å². The minimum absolute atomic E-state index is 0.0303. The first-order valence-electron chi connectivity index (χ1n) is 13.0. The third-order valence-corrected chi connectivity index (χ3v) is 7.27. The summed E-state index contributed by atoms with van der Waals surface area (Å²) in [5, 5.41) is 2.84. The Morgan fingerprint density at radius 2 is 1.51 bits per heavy atom. The van der Waals surface area contributed by atoms with Gasteiger partial charge >= 0.3 is 18.4 Å². The molecule has 212 valence electrons. The van der Waals surface area contributed by atoms with Crippen molar-refractivity contribution in [3.63, 3.8) is 0 Å². The molecule has 1 saturated heterocycles. The van der Waals surface area contributed by atoms with Gasteiger partial charge in [0.2, 0.25) is 0 Å². The van der Waals surface area contributed by atoms with Crippen molar-refractivity contribution in [2.45, 2.75) is 75.9 Å². The molecule has 4 rings (SSSR count). The second kappa shape index (κ2) is 11.9. The zero-order valence-corrected chi connectivity index (χ0v) is 21.2. The van der Waals surface area contributed by atoms with E-state index in [4.69, 9.17) is 4.74 Å². The number of likely N-dealkylation sites (tertiary alicyclic amines) is 1. The highest BCUT2D eigenvalue weighted by molar-refractivity contribution is 5.96. The topological polar surface area (TPSA) is 58.6 Å². The number of nitrogens with one attached hydrogen (secondary N) is 1. The summed E-state index contributed by atoms with van der Waals surface area (Å²) in [6.07, 6.45) is -6.20. The van der Waals surface area contributed by atoms with Gasteiger partial charge in [0, 0.05) is 37.5 Å². The quantitative estimate of drug-likeness (QED) is 0.405. The van der Waals surface area contributed by atoms with Crippen LogP contribution in [0.5, 0.6) is 0 Å². The number of amides is 2. The number of hydrogen-bond donors (Lipinski definition) is 1. The van der Waals surface area contributed by atoms with Crippen LogP contribution >= 0.6 is 0 Å². The fourth-order valence-electron chi connectivity index (χ4n) is 5.22. The average molecular weight is 557 g/mol. The molecular formula is C28H30F6N2O3. The van der Waals surface area contributed by atoms with Gasteiger partial charge in [0.25, 0.3) is 5.91 Å². The van der Waals surface area contributed by atoms with Crippen molar-refractivity contribution in [3.05, 3.63) is 70.3 Å². The van der Waals surface area contributed by atoms with Crippen molar-refractivity contribution in [1.82, 2.24) is 10.2 Å². The van der Waals surface area contributed by atoms with Gasteiger partial charge < -0.3 is 15.0 Å². The predicted octanol–water partition coefficient (Wildman–Crippen LogP) is 6.98. The predicted molar refractivity (Wildman–Crippen MR) is 131 cm³/mol. The van der Waals surface area contributed by atoms with Crippen LogP contribution < -0.4 is 5.32 Å². The Morgan fingerprint density at radius 1 is 0.872 bits per heavy atom. The largest absolute Gasteiger partial charge is 0.446 e. The van der Waals surface area contributed by atoms with Crippen LogP contribution in [0.4, 0.5) is 31.1 Å². The number of carbonyl (C=O) groups is 2. The molecule has 2 aliphatic rings. The Balaban J connectivity index is 1.54. The van der Waals surface area contributed by atoms with Gasteiger partial charge in [0.05, 0.1) is 11.1 Å². The third-order valence-electron chi connectivity index (χ3n) is 7.27. The third kappa shape index (κ3) is 7.45. The Labute approximate surface area is 222 Å². The summed E-state index contributed by atoms with van der Waals surface area (Å²) >= 11 is 0. The highest BCUT2D eigenvalue weighted by Gasteiger charge is 2.41. The summed E-state index contributed by atoms with van der Waals surface area (Å²) in [4.78, 5) is 26.9. The minimum atomic E-state index is -5.10. The first-order valence-corrected chi connectivity index (χ1v) is 13.0. The number of rotatable bonds is 5. The molecule has 1 saturated carbocycles. The molecule has 0 unspecified atom stereocenters. The maximum atomic E-state index is 14.0. The molecular weight excluding hydrogens is 526 g/mol. The number of halogens is 6. The lowest BCUT2D eigenvalue weighted by molar-refractivity contribution is -0.143. The highest BCUT2D eigenvalue weighted by Crippen LogP contribution is 2.40. The van der Waals surface area contributed by atoms with Crippen LogP contribution in [0.25, 0.3) is 0 Å². The monoisotopic (exact) mass is 556 g/mol. The zero-order chi connectivity index (χ0) is 28.2. The van der Waals surface area contributed by atoms with E-state index in [1.807, 2.05) is 0 Å². The molecule has 0 aromatic heterocycles. The van der Waals surface area contributed by atoms with Gasteiger partial charge in [0.1, 0.15) is 6.10 Å². The molecule has 5 nitrogen and oxygen atoms in total. The van der Waals surface area contributed by atoms with Crippen LogP contribution in [0.2, 0.25) is 0 Å². The normalized spacial score (nSPS) is 17.6. The van der Waals surface area contributed by atoms with Gasteiger partial charge in [-0.05, 0) is 42.5 Å². The summed E-state index contributed by atoms with van der Waals surface area (Å²) in [5.74, 6) is -0.914. The number of alkyl halides is 6. The number of ether oxygens (including phenoxy) is 1. The molecule has 39 heavy (non-hydrogen) atoms. The van der Waals surface area contributed by atoms with Crippen molar-refractivity contribution in [3.8, 4) is 0 Å². The van der Waals surface area contributed by atoms with E-state index in [1.54, 1.807) is 30.3 Å². The SMILES string of the molecule is O=C(NC1CCCCC1)OC1CCN(C(=O)c2cc(C(F)(F)F)cc(C(F)(F)F)c2Cc2ccccc2)CC1. The molecule has 0 bridgehead atoms. The number of nitrogens with zero attached hydrogens (tertiary/aromatic N) is 1. The standard InChI is InChI=1S/C28H30F6N2O3/c29-27(30,31)19-16-23(22(24(17-19)28(32,33)34)15-18-7-3-1-4-8-18)25(37)36-13-11-21(12-14-36)39-26(38)35-20-9-5-2-6-10-20/h1,3-4,7-8,16-17,20-21H,2,5-6,9-15H2,(H,35,38). The van der Waals surface area contributed by atoms with E-state index in [0.29, 0.717) is 11.6 Å². The molecule has 0 atom stereocenters. The fourth-order valence-corrected chi connectivity index (χ4v) is 5.22. The minimum Gasteiger partial charge on any atom is -0.446 e. The van der Waals surface area contributed by atoms with Crippen molar-refractivity contribution in [2.24, 2.45) is 0 Å². The molecule has 0 spiro atoms. The van der Waals surface area contributed by atoms with E-state index >= 15 is 0 Å². The van der Waals surface area contributed by atoms with Gasteiger partial charge in [0.15, 0.2) is 0 Å². The Bertz CT molecular complexity index is 1150. The molecule has 1 aliphatic heterocycles. The number of benzene rings is 2. The number of hydrogen-bond acceptors (Lipinski definition) is 3. The van der Waals surface area contributed by atoms with Crippen LogP contribution in [-0.2, 0) is 23.5 Å². The Kier molecular flexibility index (Phi) is 8.76. The maximum Gasteiger partial charge on any atom is 0.416 e. The molecule has 2 aromatic carbocycles. The van der Waals surface area contributed by atoms with Crippen molar-refractivity contribution < 1.29 is 40.7 Å². The summed E-state index contributed by atoms with van der Waals surface area (Å²) in [5.41, 5.74) is -3.73. The van der Waals surface area contributed by atoms with Gasteiger partial charge in [-0.2, -0.15) is 26.3 Å². The van der Waals surface area contributed by atoms with E-state index in [0.717, 1.165) is 32.1 Å². The van der Waals surface area contributed by atoms with E-state index in [1.165, 1.54) is 4.90 Å². The Hall–Kier alpha value is -3.24. The molecule has 1 N–H and O–H groups in total. The molecule has 1 heterocycles. The number of piperidine rings is 1. The fraction of sp³-hybridized carbons (Fsp3) is 0.500. The second-order valence-electron chi connectivity index (χ2n) is 10.1. The van der Waals surface area contributed by atoms with Crippen LogP contribution in [-0.4, -0.2) is 42.1 Å². The maximum absolute atomic E-state index is 14.0. The lowest BCUT2D eigenvalue weighted by Crippen LogP contribution is -2.44. The van der Waals surface area contributed by atoms with Crippen molar-refractivity contribution >= 4 is 12.0 Å². The summed E-state index contributed by atoms with van der Waals surface area (Å²) in [6, 6.07) is 8.59. The van der Waals surface area contributed by atoms with Crippen LogP contribution in [0.3, 0.4) is 0 Å². The van der Waals surface area contributed by atoms with E-state index in [2.05, 4.69) is 5.32 Å². The van der Waals surface area contributed by atoms with Gasteiger partial charge in [-0.1, -0.05) is 49.6 Å². The molecule has 0 radical (unpaired) electrons. The van der Waals surface area contributed by atoms with Crippen LogP contribution in [0.15, 0.2) is 42.5 Å². The molecule has 2 aromatic rings. The van der Waals surface area contributed by atoms with Crippen molar-refractivity contribution in [1.29, 1.82) is 0 Å². The smallest absolute Gasteiger partial charge is 0.416 e. The lowest BCUT2D eigenvalue weighted by atomic mass is 9.90. The van der Waals surface area contributed by atoms with Gasteiger partial charge in [-0.3, -0.25) is 4.79 Å². The summed E-state index contributed by atoms with van der Waals surface area (Å²) in [7, 11) is 0. The second-order valence-corrected chi connectivity index (χ2v) is 10.1. The first-order chi connectivity index (χ1) is 18.4. The van der Waals surface area contributed by atoms with Crippen LogP contribution in [0, 0.1) is 0 Å². The summed E-state index contributed by atoms with van der Waals surface area (Å²) in [6.45, 7) is 0.0607. The van der Waals surface area contributed by atoms with Crippen molar-refractivity contribution in [2.75, 3.05) is 13.1 Å². The molecule has 1 aliphatic carbocycles. The molecule has 2 amide bonds. The van der Waals surface area contributed by atoms with Crippen LogP contribution in [0.1, 0.15) is 77.6 Å². The average Bonchev–Trinajstić information content (AvgIpc) is 2.88. The summed E-state index contributed by atoms with van der Waals surface area (Å²) < 4.78 is 88.3. The first kappa shape index (κ1) is 28.8. The lowest BCUT2D eigenvalue weighted by Gasteiger charge is -2.33. The zero-order valence-electron chi connectivity index (χ0n) is 21.2. The molecule has 2 fully saturated rings. The van der Waals surface area contributed by atoms with Gasteiger partial charge in [-0.15, -0.1) is 0 Å². The molecule has 11 heteroatoms. The van der Waals surface area contributed by atoms with E-state index in [-0.39, 0.29) is 44.5 Å². The van der Waals surface area contributed by atoms with E-state index < -0.39 is 52.7 Å². The Morgan fingerprint density at radius 3 is 2.10 bits per heavy atom. The highest BCUT2D eigenvalue weighted by atomic mass is 19.4.